The highest BCUT2D eigenvalue weighted by molar-refractivity contribution is 5.47. The summed E-state index contributed by atoms with van der Waals surface area (Å²) >= 11 is 0. The first kappa shape index (κ1) is 8.02. The molecule has 0 radical (unpaired) electrons. The zero-order chi connectivity index (χ0) is 8.27. The molecule has 0 heterocycles. The summed E-state index contributed by atoms with van der Waals surface area (Å²) in [6.45, 7) is 5.40. The summed E-state index contributed by atoms with van der Waals surface area (Å²) in [4.78, 5) is 0. The molecule has 0 fully saturated rings. The Labute approximate surface area is 67.0 Å². The third-order valence-corrected chi connectivity index (χ3v) is 1.65. The zero-order valence-electron chi connectivity index (χ0n) is 6.62. The molecule has 0 aliphatic carbocycles. The van der Waals surface area contributed by atoms with Gasteiger partial charge in [0.05, 0.1) is 6.10 Å². The minimum Gasteiger partial charge on any atom is -0.389 e. The number of aliphatic hydroxyl groups is 1. The molecule has 1 N–H and O–H groups in total. The minimum atomic E-state index is -0.381. The molecule has 0 bridgehead atoms. The second-order valence-corrected chi connectivity index (χ2v) is 2.55. The molecule has 1 nitrogen and oxygen atoms in total. The van der Waals surface area contributed by atoms with Crippen molar-refractivity contribution < 1.29 is 5.11 Å². The molecule has 1 unspecified atom stereocenters. The van der Waals surface area contributed by atoms with Gasteiger partial charge in [-0.3, -0.25) is 0 Å². The monoisotopic (exact) mass is 148 g/mol. The van der Waals surface area contributed by atoms with E-state index >= 15 is 0 Å². The predicted octanol–water partition coefficient (Wildman–Crippen LogP) is 2.38. The van der Waals surface area contributed by atoms with Crippen LogP contribution in [0, 0.1) is 0 Å². The van der Waals surface area contributed by atoms with Crippen molar-refractivity contribution in [2.24, 2.45) is 0 Å². The molecule has 0 saturated heterocycles. The van der Waals surface area contributed by atoms with Gasteiger partial charge in [-0.1, -0.05) is 36.9 Å². The van der Waals surface area contributed by atoms with Crippen LogP contribution in [0.15, 0.2) is 30.8 Å². The topological polar surface area (TPSA) is 20.2 Å². The maximum absolute atomic E-state index is 9.16. The van der Waals surface area contributed by atoms with E-state index in [0.29, 0.717) is 0 Å². The molecule has 1 aromatic rings. The molecule has 1 aromatic carbocycles. The van der Waals surface area contributed by atoms with E-state index < -0.39 is 0 Å². The Hall–Kier alpha value is -1.08. The van der Waals surface area contributed by atoms with Gasteiger partial charge in [0, 0.05) is 0 Å². The van der Waals surface area contributed by atoms with E-state index in [0.717, 1.165) is 11.1 Å². The van der Waals surface area contributed by atoms with Crippen LogP contribution in [-0.4, -0.2) is 5.11 Å². The van der Waals surface area contributed by atoms with Gasteiger partial charge >= 0.3 is 0 Å². The lowest BCUT2D eigenvalue weighted by Gasteiger charge is -2.03. The highest BCUT2D eigenvalue weighted by Gasteiger charge is 1.97. The minimum absolute atomic E-state index is 0.381. The second-order valence-electron chi connectivity index (χ2n) is 2.55. The number of rotatable bonds is 2. The van der Waals surface area contributed by atoms with E-state index in [9.17, 15) is 0 Å². The number of benzene rings is 1. The first-order valence-electron chi connectivity index (χ1n) is 3.64. The highest BCUT2D eigenvalue weighted by Crippen LogP contribution is 2.12. The van der Waals surface area contributed by atoms with E-state index in [-0.39, 0.29) is 6.10 Å². The van der Waals surface area contributed by atoms with Crippen molar-refractivity contribution in [3.63, 3.8) is 0 Å². The maximum atomic E-state index is 9.16. The van der Waals surface area contributed by atoms with Gasteiger partial charge in [-0.2, -0.15) is 0 Å². The quantitative estimate of drug-likeness (QED) is 0.682. The van der Waals surface area contributed by atoms with Crippen LogP contribution in [0.4, 0.5) is 0 Å². The fourth-order valence-electron chi connectivity index (χ4n) is 0.911. The van der Waals surface area contributed by atoms with Gasteiger partial charge in [0.15, 0.2) is 0 Å². The molecule has 11 heavy (non-hydrogen) atoms. The van der Waals surface area contributed by atoms with Crippen LogP contribution in [0.2, 0.25) is 0 Å². The summed E-state index contributed by atoms with van der Waals surface area (Å²) in [6.07, 6.45) is 1.40. The summed E-state index contributed by atoms with van der Waals surface area (Å²) in [6, 6.07) is 7.69. The third-order valence-electron chi connectivity index (χ3n) is 1.65. The van der Waals surface area contributed by atoms with Crippen molar-refractivity contribution in [2.75, 3.05) is 0 Å². The molecule has 0 aliphatic heterocycles. The highest BCUT2D eigenvalue weighted by atomic mass is 16.3. The van der Waals surface area contributed by atoms with Crippen LogP contribution in [0.3, 0.4) is 0 Å². The van der Waals surface area contributed by atoms with Crippen LogP contribution < -0.4 is 0 Å². The molecule has 1 heteroatoms. The lowest BCUT2D eigenvalue weighted by Crippen LogP contribution is -1.89. The Kier molecular flexibility index (Phi) is 2.44. The largest absolute Gasteiger partial charge is 0.389 e. The Bertz CT molecular complexity index is 234. The first-order chi connectivity index (χ1) is 5.24. The molecule has 0 saturated carbocycles. The summed E-state index contributed by atoms with van der Waals surface area (Å²) < 4.78 is 0. The number of hydrogen-bond donors (Lipinski definition) is 1. The third kappa shape index (κ3) is 1.92. The van der Waals surface area contributed by atoms with Crippen LogP contribution in [0.5, 0.6) is 0 Å². The van der Waals surface area contributed by atoms with Gasteiger partial charge in [0.1, 0.15) is 0 Å². The lowest BCUT2D eigenvalue weighted by atomic mass is 10.1. The Morgan fingerprint density at radius 1 is 1.36 bits per heavy atom. The Balaban J connectivity index is 2.91. The summed E-state index contributed by atoms with van der Waals surface area (Å²) in [5.41, 5.74) is 2.02. The van der Waals surface area contributed by atoms with Crippen molar-refractivity contribution in [1.29, 1.82) is 0 Å². The van der Waals surface area contributed by atoms with E-state index in [1.807, 2.05) is 24.3 Å². The Morgan fingerprint density at radius 3 is 2.27 bits per heavy atom. The van der Waals surface area contributed by atoms with Crippen LogP contribution in [-0.2, 0) is 0 Å². The normalized spacial score (nSPS) is 12.5. The molecule has 0 aliphatic rings. The smallest absolute Gasteiger partial charge is 0.0761 e. The molecular formula is C10H12O. The van der Waals surface area contributed by atoms with Crippen molar-refractivity contribution in [1.82, 2.24) is 0 Å². The molecule has 0 aromatic heterocycles. The van der Waals surface area contributed by atoms with Crippen molar-refractivity contribution >= 4 is 6.08 Å². The molecule has 1 atom stereocenters. The first-order valence-corrected chi connectivity index (χ1v) is 3.64. The van der Waals surface area contributed by atoms with Gasteiger partial charge in [0.2, 0.25) is 0 Å². The number of aliphatic hydroxyl groups excluding tert-OH is 1. The fraction of sp³-hybridized carbons (Fsp3) is 0.200. The second kappa shape index (κ2) is 3.35. The van der Waals surface area contributed by atoms with Gasteiger partial charge in [0.25, 0.3) is 0 Å². The summed E-state index contributed by atoms with van der Waals surface area (Å²) in [5, 5.41) is 9.16. The van der Waals surface area contributed by atoms with E-state index in [2.05, 4.69) is 6.58 Å². The maximum Gasteiger partial charge on any atom is 0.0761 e. The number of hydrogen-bond acceptors (Lipinski definition) is 1. The lowest BCUT2D eigenvalue weighted by molar-refractivity contribution is 0.199. The molecule has 0 spiro atoms. The summed E-state index contributed by atoms with van der Waals surface area (Å²) in [7, 11) is 0. The summed E-state index contributed by atoms with van der Waals surface area (Å²) in [5.74, 6) is 0. The SMILES string of the molecule is C=Cc1ccc(C(C)O)cc1. The van der Waals surface area contributed by atoms with Gasteiger partial charge < -0.3 is 5.11 Å². The van der Waals surface area contributed by atoms with E-state index in [1.54, 1.807) is 13.0 Å². The van der Waals surface area contributed by atoms with Crippen LogP contribution in [0.1, 0.15) is 24.2 Å². The van der Waals surface area contributed by atoms with Crippen molar-refractivity contribution in [3.8, 4) is 0 Å². The average Bonchev–Trinajstić information content (AvgIpc) is 2.05. The van der Waals surface area contributed by atoms with Crippen LogP contribution >= 0.6 is 0 Å². The zero-order valence-corrected chi connectivity index (χ0v) is 6.62. The van der Waals surface area contributed by atoms with Gasteiger partial charge in [-0.05, 0) is 18.1 Å². The van der Waals surface area contributed by atoms with Gasteiger partial charge in [-0.25, -0.2) is 0 Å². The van der Waals surface area contributed by atoms with Crippen molar-refractivity contribution in [2.45, 2.75) is 13.0 Å². The fourth-order valence-corrected chi connectivity index (χ4v) is 0.911. The Morgan fingerprint density at radius 2 is 1.91 bits per heavy atom. The van der Waals surface area contributed by atoms with E-state index in [4.69, 9.17) is 5.11 Å². The standard InChI is InChI=1S/C10H12O/c1-3-9-4-6-10(7-5-9)8(2)11/h3-8,11H,1H2,2H3. The van der Waals surface area contributed by atoms with Crippen LogP contribution in [0.25, 0.3) is 6.08 Å². The predicted molar refractivity (Wildman–Crippen MR) is 47.2 cm³/mol. The van der Waals surface area contributed by atoms with Crippen molar-refractivity contribution in [3.05, 3.63) is 42.0 Å². The average molecular weight is 148 g/mol. The molecule has 0 amide bonds. The molecule has 58 valence electrons. The van der Waals surface area contributed by atoms with E-state index in [1.165, 1.54) is 0 Å². The van der Waals surface area contributed by atoms with Gasteiger partial charge in [-0.15, -0.1) is 0 Å². The molecule has 1 rings (SSSR count). The molecular weight excluding hydrogens is 136 g/mol.